The highest BCUT2D eigenvalue weighted by Crippen LogP contribution is 2.26. The molecule has 132 valence electrons. The van der Waals surface area contributed by atoms with E-state index in [1.54, 1.807) is 0 Å². The molecule has 0 spiro atoms. The predicted octanol–water partition coefficient (Wildman–Crippen LogP) is 2.77. The Morgan fingerprint density at radius 2 is 2.04 bits per heavy atom. The van der Waals surface area contributed by atoms with Crippen molar-refractivity contribution in [1.82, 2.24) is 25.1 Å². The van der Waals surface area contributed by atoms with Crippen LogP contribution in [0.2, 0.25) is 0 Å². The number of aryl methyl sites for hydroxylation is 1. The third-order valence-corrected chi connectivity index (χ3v) is 4.33. The lowest BCUT2D eigenvalue weighted by atomic mass is 10.2. The van der Waals surface area contributed by atoms with Crippen molar-refractivity contribution in [3.8, 4) is 0 Å². The summed E-state index contributed by atoms with van der Waals surface area (Å²) in [5.41, 5.74) is 2.27. The number of aromatic nitrogens is 4. The Balaban J connectivity index is 1.80. The van der Waals surface area contributed by atoms with Gasteiger partial charge in [0.2, 0.25) is 11.1 Å². The molecular formula is C15H14F3N5OS. The second-order valence-electron chi connectivity index (χ2n) is 5.21. The number of amides is 1. The molecule has 0 atom stereocenters. The Labute approximate surface area is 144 Å². The fraction of sp³-hybridized carbons (Fsp3) is 0.333. The number of alkyl halides is 3. The molecule has 1 amide bonds. The van der Waals surface area contributed by atoms with Crippen molar-refractivity contribution < 1.29 is 18.0 Å². The number of nitrogens with zero attached hydrogens (tertiary/aromatic N) is 4. The van der Waals surface area contributed by atoms with Gasteiger partial charge in [-0.3, -0.25) is 4.79 Å². The van der Waals surface area contributed by atoms with Crippen LogP contribution in [0, 0.1) is 0 Å². The molecule has 3 rings (SSSR count). The van der Waals surface area contributed by atoms with Crippen molar-refractivity contribution in [3.05, 3.63) is 24.3 Å². The first-order chi connectivity index (χ1) is 11.9. The van der Waals surface area contributed by atoms with Crippen LogP contribution in [-0.4, -0.2) is 44.1 Å². The van der Waals surface area contributed by atoms with Gasteiger partial charge < -0.3 is 9.88 Å². The van der Waals surface area contributed by atoms with Crippen LogP contribution in [0.3, 0.4) is 0 Å². The van der Waals surface area contributed by atoms with Gasteiger partial charge in [-0.2, -0.15) is 13.2 Å². The number of halogens is 3. The van der Waals surface area contributed by atoms with E-state index < -0.39 is 18.6 Å². The minimum absolute atomic E-state index is 0.213. The zero-order valence-corrected chi connectivity index (χ0v) is 14.0. The maximum atomic E-state index is 12.1. The molecule has 2 heterocycles. The van der Waals surface area contributed by atoms with E-state index in [2.05, 4.69) is 15.2 Å². The molecule has 0 fully saturated rings. The first-order valence-corrected chi connectivity index (χ1v) is 8.45. The van der Waals surface area contributed by atoms with Crippen LogP contribution in [0.1, 0.15) is 6.92 Å². The Morgan fingerprint density at radius 1 is 1.28 bits per heavy atom. The number of thioether (sulfide) groups is 1. The molecule has 10 heteroatoms. The van der Waals surface area contributed by atoms with Gasteiger partial charge in [-0.25, -0.2) is 4.98 Å². The highest BCUT2D eigenvalue weighted by atomic mass is 32.2. The normalized spacial score (nSPS) is 12.0. The molecule has 0 saturated carbocycles. The van der Waals surface area contributed by atoms with Crippen LogP contribution >= 0.6 is 11.8 Å². The van der Waals surface area contributed by atoms with Crippen molar-refractivity contribution in [3.63, 3.8) is 0 Å². The van der Waals surface area contributed by atoms with Gasteiger partial charge in [0.1, 0.15) is 12.1 Å². The van der Waals surface area contributed by atoms with E-state index in [1.165, 1.54) is 0 Å². The summed E-state index contributed by atoms with van der Waals surface area (Å²) in [5, 5.41) is 11.1. The molecule has 1 aromatic carbocycles. The second kappa shape index (κ2) is 6.87. The van der Waals surface area contributed by atoms with Gasteiger partial charge in [0.15, 0.2) is 5.65 Å². The van der Waals surface area contributed by atoms with Crippen molar-refractivity contribution >= 4 is 39.7 Å². The van der Waals surface area contributed by atoms with Gasteiger partial charge >= 0.3 is 6.18 Å². The van der Waals surface area contributed by atoms with E-state index >= 15 is 0 Å². The lowest BCUT2D eigenvalue weighted by Crippen LogP contribution is -2.34. The lowest BCUT2D eigenvalue weighted by Gasteiger charge is -2.07. The summed E-state index contributed by atoms with van der Waals surface area (Å²) in [4.78, 5) is 15.9. The Hall–Kier alpha value is -2.36. The van der Waals surface area contributed by atoms with E-state index in [0.717, 1.165) is 22.7 Å². The smallest absolute Gasteiger partial charge is 0.346 e. The molecule has 3 aromatic rings. The number of carbonyl (C=O) groups is 1. The summed E-state index contributed by atoms with van der Waals surface area (Å²) < 4.78 is 38.2. The molecule has 2 aromatic heterocycles. The summed E-state index contributed by atoms with van der Waals surface area (Å²) in [6.07, 6.45) is -4.43. The van der Waals surface area contributed by atoms with E-state index in [0.29, 0.717) is 17.7 Å². The number of hydrogen-bond acceptors (Lipinski definition) is 5. The van der Waals surface area contributed by atoms with Gasteiger partial charge in [-0.15, -0.1) is 10.2 Å². The highest BCUT2D eigenvalue weighted by molar-refractivity contribution is 7.99. The number of carbonyl (C=O) groups excluding carboxylic acids is 1. The monoisotopic (exact) mass is 369 g/mol. The molecule has 0 aliphatic rings. The molecule has 0 aliphatic carbocycles. The average Bonchev–Trinajstić information content (AvgIpc) is 2.90. The Morgan fingerprint density at radius 3 is 2.76 bits per heavy atom. The predicted molar refractivity (Wildman–Crippen MR) is 88.3 cm³/mol. The number of fused-ring (bicyclic) bond motifs is 3. The van der Waals surface area contributed by atoms with Crippen LogP contribution in [-0.2, 0) is 11.3 Å². The van der Waals surface area contributed by atoms with Crippen molar-refractivity contribution in [2.75, 3.05) is 12.3 Å². The van der Waals surface area contributed by atoms with Crippen molar-refractivity contribution in [2.24, 2.45) is 0 Å². The average molecular weight is 369 g/mol. The van der Waals surface area contributed by atoms with Crippen LogP contribution in [0.15, 0.2) is 29.4 Å². The summed E-state index contributed by atoms with van der Waals surface area (Å²) in [6, 6.07) is 7.70. The van der Waals surface area contributed by atoms with Crippen LogP contribution < -0.4 is 5.32 Å². The number of benzene rings is 1. The zero-order valence-electron chi connectivity index (χ0n) is 13.2. The largest absolute Gasteiger partial charge is 0.405 e. The maximum absolute atomic E-state index is 12.1. The summed E-state index contributed by atoms with van der Waals surface area (Å²) in [5.74, 6) is -0.947. The SMILES string of the molecule is CCn1c2ccccc2c2nnc(SCC(=O)NCC(F)(F)F)nc21. The molecule has 0 radical (unpaired) electrons. The topological polar surface area (TPSA) is 72.7 Å². The first-order valence-electron chi connectivity index (χ1n) is 7.47. The van der Waals surface area contributed by atoms with Crippen LogP contribution in [0.25, 0.3) is 22.1 Å². The molecule has 0 bridgehead atoms. The molecule has 0 saturated heterocycles. The van der Waals surface area contributed by atoms with Gasteiger partial charge in [0.05, 0.1) is 11.3 Å². The fourth-order valence-electron chi connectivity index (χ4n) is 2.45. The van der Waals surface area contributed by atoms with Crippen molar-refractivity contribution in [2.45, 2.75) is 24.8 Å². The van der Waals surface area contributed by atoms with E-state index in [-0.39, 0.29) is 10.9 Å². The number of nitrogens with one attached hydrogen (secondary N) is 1. The quantitative estimate of drug-likeness (QED) is 0.700. The standard InChI is InChI=1S/C15H14F3N5OS/c1-2-23-10-6-4-3-5-9(10)12-13(23)20-14(22-21-12)25-7-11(24)19-8-15(16,17)18/h3-6H,2,7-8H2,1H3,(H,19,24). The second-order valence-corrected chi connectivity index (χ2v) is 6.15. The Kier molecular flexibility index (Phi) is 4.80. The van der Waals surface area contributed by atoms with Crippen molar-refractivity contribution in [1.29, 1.82) is 0 Å². The summed E-state index contributed by atoms with van der Waals surface area (Å²) in [7, 11) is 0. The summed E-state index contributed by atoms with van der Waals surface area (Å²) >= 11 is 0.946. The minimum atomic E-state index is -4.43. The first kappa shape index (κ1) is 17.5. The van der Waals surface area contributed by atoms with Gasteiger partial charge in [-0.1, -0.05) is 30.0 Å². The van der Waals surface area contributed by atoms with Crippen LogP contribution in [0.5, 0.6) is 0 Å². The molecular weight excluding hydrogens is 355 g/mol. The lowest BCUT2D eigenvalue weighted by molar-refractivity contribution is -0.136. The third kappa shape index (κ3) is 3.84. The number of para-hydroxylation sites is 1. The highest BCUT2D eigenvalue weighted by Gasteiger charge is 2.27. The fourth-order valence-corrected chi connectivity index (χ4v) is 3.06. The molecule has 6 nitrogen and oxygen atoms in total. The van der Waals surface area contributed by atoms with E-state index in [4.69, 9.17) is 0 Å². The van der Waals surface area contributed by atoms with E-state index in [1.807, 2.05) is 41.1 Å². The number of hydrogen-bond donors (Lipinski definition) is 1. The van der Waals surface area contributed by atoms with Gasteiger partial charge in [0, 0.05) is 11.9 Å². The maximum Gasteiger partial charge on any atom is 0.405 e. The molecule has 0 unspecified atom stereocenters. The van der Waals surface area contributed by atoms with Crippen LogP contribution in [0.4, 0.5) is 13.2 Å². The zero-order chi connectivity index (χ0) is 18.0. The Bertz CT molecular complexity index is 925. The van der Waals surface area contributed by atoms with E-state index in [9.17, 15) is 18.0 Å². The third-order valence-electron chi connectivity index (χ3n) is 3.49. The summed E-state index contributed by atoms with van der Waals surface area (Å²) in [6.45, 7) is 1.30. The molecule has 0 aliphatic heterocycles. The number of rotatable bonds is 5. The molecule has 1 N–H and O–H groups in total. The van der Waals surface area contributed by atoms with Gasteiger partial charge in [-0.05, 0) is 13.0 Å². The minimum Gasteiger partial charge on any atom is -0.346 e. The molecule has 25 heavy (non-hydrogen) atoms. The van der Waals surface area contributed by atoms with Gasteiger partial charge in [0.25, 0.3) is 0 Å².